The summed E-state index contributed by atoms with van der Waals surface area (Å²) in [4.78, 5) is 4.39. The molecule has 1 aromatic heterocycles. The first-order valence-electron chi connectivity index (χ1n) is 6.89. The molecular formula is C16H17BrFN3O. The van der Waals surface area contributed by atoms with Gasteiger partial charge in [0.2, 0.25) is 0 Å². The van der Waals surface area contributed by atoms with E-state index >= 15 is 0 Å². The lowest BCUT2D eigenvalue weighted by molar-refractivity contribution is 0.533. The zero-order valence-electron chi connectivity index (χ0n) is 12.4. The molecule has 0 aliphatic rings. The second-order valence-corrected chi connectivity index (χ2v) is 5.59. The van der Waals surface area contributed by atoms with Crippen LogP contribution in [-0.4, -0.2) is 17.7 Å². The number of aryl methyl sites for hydroxylation is 1. The average molecular weight is 366 g/mol. The summed E-state index contributed by atoms with van der Waals surface area (Å²) in [5, 5.41) is 10.6. The van der Waals surface area contributed by atoms with Gasteiger partial charge in [-0.15, -0.1) is 0 Å². The molecule has 1 heterocycles. The minimum atomic E-state index is -0.319. The molecule has 0 fully saturated rings. The Labute approximate surface area is 137 Å². The van der Waals surface area contributed by atoms with Gasteiger partial charge in [-0.3, -0.25) is 0 Å². The van der Waals surface area contributed by atoms with Gasteiger partial charge in [-0.2, -0.15) is 0 Å². The third kappa shape index (κ3) is 3.82. The first kappa shape index (κ1) is 16.4. The SMILES string of the molecule is CCN/C=C(\C=N)Cc1nc(C)oc1-c1ccc(F)cc1Br. The highest BCUT2D eigenvalue weighted by atomic mass is 79.9. The van der Waals surface area contributed by atoms with Crippen LogP contribution in [0.1, 0.15) is 18.5 Å². The Morgan fingerprint density at radius 1 is 1.50 bits per heavy atom. The second-order valence-electron chi connectivity index (χ2n) is 4.73. The maximum absolute atomic E-state index is 13.2. The zero-order valence-corrected chi connectivity index (χ0v) is 14.0. The van der Waals surface area contributed by atoms with Crippen molar-refractivity contribution in [2.45, 2.75) is 20.3 Å². The van der Waals surface area contributed by atoms with E-state index < -0.39 is 0 Å². The predicted molar refractivity (Wildman–Crippen MR) is 88.6 cm³/mol. The molecule has 2 aromatic rings. The van der Waals surface area contributed by atoms with E-state index in [0.29, 0.717) is 22.5 Å². The van der Waals surface area contributed by atoms with Crippen LogP contribution >= 0.6 is 15.9 Å². The monoisotopic (exact) mass is 365 g/mol. The van der Waals surface area contributed by atoms with Crippen molar-refractivity contribution in [2.24, 2.45) is 0 Å². The van der Waals surface area contributed by atoms with Gasteiger partial charge >= 0.3 is 0 Å². The van der Waals surface area contributed by atoms with Crippen LogP contribution in [0.2, 0.25) is 0 Å². The lowest BCUT2D eigenvalue weighted by Crippen LogP contribution is -2.06. The number of nitrogens with zero attached hydrogens (tertiary/aromatic N) is 1. The number of hydrogen-bond donors (Lipinski definition) is 2. The molecule has 0 atom stereocenters. The van der Waals surface area contributed by atoms with Gasteiger partial charge in [-0.25, -0.2) is 9.37 Å². The van der Waals surface area contributed by atoms with E-state index in [0.717, 1.165) is 23.4 Å². The molecule has 0 radical (unpaired) electrons. The summed E-state index contributed by atoms with van der Waals surface area (Å²) in [6.07, 6.45) is 3.55. The fourth-order valence-electron chi connectivity index (χ4n) is 2.04. The third-order valence-electron chi connectivity index (χ3n) is 3.03. The molecule has 2 rings (SSSR count). The minimum absolute atomic E-state index is 0.319. The number of oxazole rings is 1. The number of allylic oxidation sites excluding steroid dienone is 1. The fraction of sp³-hybridized carbons (Fsp3) is 0.250. The maximum Gasteiger partial charge on any atom is 0.192 e. The summed E-state index contributed by atoms with van der Waals surface area (Å²) in [5.41, 5.74) is 2.25. The Balaban J connectivity index is 2.40. The summed E-state index contributed by atoms with van der Waals surface area (Å²) < 4.78 is 19.5. The summed E-state index contributed by atoms with van der Waals surface area (Å²) >= 11 is 3.35. The first-order valence-corrected chi connectivity index (χ1v) is 7.69. The first-order chi connectivity index (χ1) is 10.5. The summed E-state index contributed by atoms with van der Waals surface area (Å²) in [6, 6.07) is 4.43. The lowest BCUT2D eigenvalue weighted by Gasteiger charge is -2.05. The van der Waals surface area contributed by atoms with Crippen molar-refractivity contribution >= 4 is 22.1 Å². The molecule has 0 saturated carbocycles. The quantitative estimate of drug-likeness (QED) is 0.752. The van der Waals surface area contributed by atoms with E-state index in [1.54, 1.807) is 19.2 Å². The summed E-state index contributed by atoms with van der Waals surface area (Å²) in [7, 11) is 0. The van der Waals surface area contributed by atoms with Gasteiger partial charge < -0.3 is 15.1 Å². The van der Waals surface area contributed by atoms with Crippen LogP contribution in [0.4, 0.5) is 4.39 Å². The smallest absolute Gasteiger partial charge is 0.192 e. The highest BCUT2D eigenvalue weighted by Gasteiger charge is 2.17. The number of rotatable bonds is 6. The van der Waals surface area contributed by atoms with Gasteiger partial charge in [0, 0.05) is 42.3 Å². The predicted octanol–water partition coefficient (Wildman–Crippen LogP) is 4.24. The van der Waals surface area contributed by atoms with E-state index in [2.05, 4.69) is 26.2 Å². The Bertz CT molecular complexity index is 709. The second kappa shape index (κ2) is 7.35. The van der Waals surface area contributed by atoms with Crippen molar-refractivity contribution in [1.29, 1.82) is 5.41 Å². The van der Waals surface area contributed by atoms with Crippen LogP contribution in [0.3, 0.4) is 0 Å². The highest BCUT2D eigenvalue weighted by Crippen LogP contribution is 2.32. The van der Waals surface area contributed by atoms with Gasteiger partial charge in [0.05, 0.1) is 5.69 Å². The van der Waals surface area contributed by atoms with Crippen molar-refractivity contribution in [2.75, 3.05) is 6.54 Å². The average Bonchev–Trinajstić information content (AvgIpc) is 2.83. The van der Waals surface area contributed by atoms with Crippen molar-refractivity contribution in [1.82, 2.24) is 10.3 Å². The van der Waals surface area contributed by atoms with Crippen LogP contribution in [0, 0.1) is 18.2 Å². The molecule has 0 saturated heterocycles. The Kier molecular flexibility index (Phi) is 5.49. The van der Waals surface area contributed by atoms with Crippen molar-refractivity contribution in [3.8, 4) is 11.3 Å². The molecule has 116 valence electrons. The van der Waals surface area contributed by atoms with Gasteiger partial charge in [-0.1, -0.05) is 0 Å². The van der Waals surface area contributed by atoms with Crippen LogP contribution in [-0.2, 0) is 6.42 Å². The van der Waals surface area contributed by atoms with Crippen LogP contribution < -0.4 is 5.32 Å². The van der Waals surface area contributed by atoms with E-state index in [4.69, 9.17) is 9.83 Å². The molecule has 0 amide bonds. The van der Waals surface area contributed by atoms with E-state index in [9.17, 15) is 4.39 Å². The number of halogens is 2. The molecule has 0 unspecified atom stereocenters. The largest absolute Gasteiger partial charge is 0.441 e. The van der Waals surface area contributed by atoms with Gasteiger partial charge in [0.25, 0.3) is 0 Å². The van der Waals surface area contributed by atoms with E-state index in [1.807, 2.05) is 6.92 Å². The zero-order chi connectivity index (χ0) is 16.1. The van der Waals surface area contributed by atoms with Gasteiger partial charge in [0.1, 0.15) is 5.82 Å². The molecule has 0 bridgehead atoms. The molecule has 0 aliphatic carbocycles. The molecule has 22 heavy (non-hydrogen) atoms. The molecule has 1 aromatic carbocycles. The summed E-state index contributed by atoms with van der Waals surface area (Å²) in [5.74, 6) is 0.809. The van der Waals surface area contributed by atoms with Gasteiger partial charge in [0.15, 0.2) is 11.7 Å². The molecule has 0 spiro atoms. The number of hydrogen-bond acceptors (Lipinski definition) is 4. The molecule has 2 N–H and O–H groups in total. The highest BCUT2D eigenvalue weighted by molar-refractivity contribution is 9.10. The van der Waals surface area contributed by atoms with Gasteiger partial charge in [-0.05, 0) is 46.6 Å². The molecular weight excluding hydrogens is 349 g/mol. The molecule has 6 heteroatoms. The van der Waals surface area contributed by atoms with Crippen molar-refractivity contribution in [3.05, 3.63) is 51.8 Å². The van der Waals surface area contributed by atoms with E-state index in [-0.39, 0.29) is 5.82 Å². The Morgan fingerprint density at radius 3 is 2.91 bits per heavy atom. The molecule has 4 nitrogen and oxygen atoms in total. The third-order valence-corrected chi connectivity index (χ3v) is 3.68. The standard InChI is InChI=1S/C16H17BrFN3O/c1-3-20-9-11(8-19)6-15-16(22-10(2)21-15)13-5-4-12(18)7-14(13)17/h4-5,7-9,19-20H,3,6H2,1-2H3/b11-9-,19-8?. The topological polar surface area (TPSA) is 61.9 Å². The lowest BCUT2D eigenvalue weighted by atomic mass is 10.1. The minimum Gasteiger partial charge on any atom is -0.441 e. The van der Waals surface area contributed by atoms with Crippen LogP contribution in [0.15, 0.2) is 38.9 Å². The number of aromatic nitrogens is 1. The fourth-order valence-corrected chi connectivity index (χ4v) is 2.58. The number of nitrogens with one attached hydrogen (secondary N) is 2. The Morgan fingerprint density at radius 2 is 2.27 bits per heavy atom. The van der Waals surface area contributed by atoms with Crippen LogP contribution in [0.25, 0.3) is 11.3 Å². The normalized spacial score (nSPS) is 11.5. The maximum atomic E-state index is 13.2. The van der Waals surface area contributed by atoms with Crippen molar-refractivity contribution < 1.29 is 8.81 Å². The Hall–Kier alpha value is -1.95. The summed E-state index contributed by atoms with van der Waals surface area (Å²) in [6.45, 7) is 4.54. The van der Waals surface area contributed by atoms with E-state index in [1.165, 1.54) is 18.3 Å². The number of benzene rings is 1. The van der Waals surface area contributed by atoms with Crippen molar-refractivity contribution in [3.63, 3.8) is 0 Å². The van der Waals surface area contributed by atoms with Crippen LogP contribution in [0.5, 0.6) is 0 Å². The molecule has 0 aliphatic heterocycles.